The minimum atomic E-state index is -0.503. The van der Waals surface area contributed by atoms with Crippen LogP contribution in [0.2, 0.25) is 0 Å². The van der Waals surface area contributed by atoms with Gasteiger partial charge in [-0.25, -0.2) is 4.79 Å². The molecule has 1 aromatic carbocycles. The largest absolute Gasteiger partial charge is 0.496 e. The molecule has 25 heavy (non-hydrogen) atoms. The van der Waals surface area contributed by atoms with Crippen LogP contribution in [0.1, 0.15) is 24.2 Å². The van der Waals surface area contributed by atoms with Crippen LogP contribution in [-0.4, -0.2) is 39.0 Å². The van der Waals surface area contributed by atoms with E-state index in [0.717, 1.165) is 0 Å². The second kappa shape index (κ2) is 10.5. The third-order valence-corrected chi connectivity index (χ3v) is 3.89. The number of carbonyl (C=O) groups is 2. The molecule has 0 bridgehead atoms. The number of amides is 1. The summed E-state index contributed by atoms with van der Waals surface area (Å²) in [5.74, 6) is -0.191. The zero-order chi connectivity index (χ0) is 18.8. The third kappa shape index (κ3) is 5.29. The Morgan fingerprint density at radius 3 is 2.24 bits per heavy atom. The Morgan fingerprint density at radius 1 is 1.20 bits per heavy atom. The van der Waals surface area contributed by atoms with Gasteiger partial charge in [-0.15, -0.1) is 11.8 Å². The van der Waals surface area contributed by atoms with Crippen LogP contribution in [0.4, 0.5) is 0 Å². The molecule has 0 radical (unpaired) electrons. The Kier molecular flexibility index (Phi) is 8.63. The topological polar surface area (TPSA) is 73.9 Å². The second-order valence-electron chi connectivity index (χ2n) is 4.66. The Balaban J connectivity index is 3.30. The van der Waals surface area contributed by atoms with Gasteiger partial charge in [0.1, 0.15) is 17.1 Å². The molecule has 0 fully saturated rings. The van der Waals surface area contributed by atoms with E-state index in [-0.39, 0.29) is 17.7 Å². The van der Waals surface area contributed by atoms with Gasteiger partial charge in [-0.3, -0.25) is 4.79 Å². The third-order valence-electron chi connectivity index (χ3n) is 3.16. The van der Waals surface area contributed by atoms with Crippen molar-refractivity contribution in [3.05, 3.63) is 46.5 Å². The van der Waals surface area contributed by atoms with E-state index in [0.29, 0.717) is 16.5 Å². The first-order valence-electron chi connectivity index (χ1n) is 7.64. The zero-order valence-corrected chi connectivity index (χ0v) is 15.9. The molecule has 0 spiro atoms. The Morgan fingerprint density at radius 2 is 1.80 bits per heavy atom. The minimum Gasteiger partial charge on any atom is -0.496 e. The Labute approximate surface area is 152 Å². The first-order chi connectivity index (χ1) is 12.0. The monoisotopic (exact) mass is 365 g/mol. The van der Waals surface area contributed by atoms with Gasteiger partial charge in [-0.05, 0) is 38.3 Å². The van der Waals surface area contributed by atoms with Crippen molar-refractivity contribution in [1.29, 1.82) is 0 Å². The number of esters is 1. The highest BCUT2D eigenvalue weighted by molar-refractivity contribution is 8.02. The number of allylic oxidation sites excluding steroid dienone is 1. The molecule has 0 aliphatic carbocycles. The number of hydrogen-bond donors (Lipinski definition) is 1. The fourth-order valence-corrected chi connectivity index (χ4v) is 2.65. The van der Waals surface area contributed by atoms with Crippen molar-refractivity contribution in [1.82, 2.24) is 5.32 Å². The molecule has 0 saturated carbocycles. The quantitative estimate of drug-likeness (QED) is 0.433. The van der Waals surface area contributed by atoms with E-state index in [2.05, 4.69) is 5.32 Å². The van der Waals surface area contributed by atoms with Gasteiger partial charge in [0.05, 0.1) is 31.4 Å². The molecule has 1 amide bonds. The number of ether oxygens (including phenoxy) is 3. The van der Waals surface area contributed by atoms with Gasteiger partial charge in [-0.2, -0.15) is 0 Å². The Hall–Kier alpha value is -2.41. The first-order valence-corrected chi connectivity index (χ1v) is 8.86. The minimum absolute atomic E-state index is 0.246. The van der Waals surface area contributed by atoms with Gasteiger partial charge >= 0.3 is 5.97 Å². The van der Waals surface area contributed by atoms with Crippen LogP contribution in [0.15, 0.2) is 41.0 Å². The van der Waals surface area contributed by atoms with E-state index in [1.807, 2.05) is 0 Å². The van der Waals surface area contributed by atoms with Crippen LogP contribution in [0.25, 0.3) is 0 Å². The molecule has 0 aliphatic heterocycles. The van der Waals surface area contributed by atoms with Crippen molar-refractivity contribution >= 4 is 23.6 Å². The summed E-state index contributed by atoms with van der Waals surface area (Å²) in [5.41, 5.74) is 0.529. The fourth-order valence-electron chi connectivity index (χ4n) is 2.08. The van der Waals surface area contributed by atoms with E-state index in [1.165, 1.54) is 26.0 Å². The summed E-state index contributed by atoms with van der Waals surface area (Å²) in [6.07, 6.45) is 5.07. The summed E-state index contributed by atoms with van der Waals surface area (Å²) in [5, 5.41) is 3.13. The van der Waals surface area contributed by atoms with Crippen LogP contribution in [0, 0.1) is 0 Å². The molecule has 1 N–H and O–H groups in total. The van der Waals surface area contributed by atoms with Gasteiger partial charge in [0.2, 0.25) is 0 Å². The lowest BCUT2D eigenvalue weighted by Gasteiger charge is -2.15. The number of hydrogen-bond acceptors (Lipinski definition) is 6. The molecule has 1 aromatic rings. The van der Waals surface area contributed by atoms with Crippen LogP contribution in [-0.2, 0) is 9.53 Å². The van der Waals surface area contributed by atoms with Crippen molar-refractivity contribution in [2.75, 3.05) is 27.1 Å². The fraction of sp³-hybridized carbons (Fsp3) is 0.333. The van der Waals surface area contributed by atoms with E-state index in [9.17, 15) is 9.59 Å². The van der Waals surface area contributed by atoms with E-state index >= 15 is 0 Å². The molecule has 0 aromatic heterocycles. The lowest BCUT2D eigenvalue weighted by Crippen LogP contribution is -2.25. The van der Waals surface area contributed by atoms with Crippen molar-refractivity contribution in [2.45, 2.75) is 13.8 Å². The van der Waals surface area contributed by atoms with Crippen LogP contribution in [0.3, 0.4) is 0 Å². The molecule has 1 rings (SSSR count). The summed E-state index contributed by atoms with van der Waals surface area (Å²) >= 11 is 1.24. The number of thioether (sulfide) groups is 1. The average Bonchev–Trinajstić information content (AvgIpc) is 2.63. The second-order valence-corrected chi connectivity index (χ2v) is 5.48. The molecule has 7 heteroatoms. The van der Waals surface area contributed by atoms with Crippen LogP contribution in [0.5, 0.6) is 11.5 Å². The van der Waals surface area contributed by atoms with E-state index in [1.54, 1.807) is 50.5 Å². The predicted molar refractivity (Wildman–Crippen MR) is 99.0 cm³/mol. The smallest absolute Gasteiger partial charge is 0.340 e. The lowest BCUT2D eigenvalue weighted by molar-refractivity contribution is -0.138. The zero-order valence-electron chi connectivity index (χ0n) is 15.0. The molecular formula is C18H23NO5S. The maximum absolute atomic E-state index is 12.8. The van der Waals surface area contributed by atoms with Crippen LogP contribution < -0.4 is 14.8 Å². The predicted octanol–water partition coefficient (Wildman–Crippen LogP) is 3.15. The normalized spacial score (nSPS) is 11.7. The van der Waals surface area contributed by atoms with Gasteiger partial charge < -0.3 is 19.5 Å². The maximum Gasteiger partial charge on any atom is 0.340 e. The molecule has 0 aliphatic rings. The van der Waals surface area contributed by atoms with Crippen molar-refractivity contribution in [2.24, 2.45) is 0 Å². The van der Waals surface area contributed by atoms with E-state index in [4.69, 9.17) is 14.2 Å². The molecule has 6 nitrogen and oxygen atoms in total. The van der Waals surface area contributed by atoms with Gasteiger partial charge in [0.15, 0.2) is 0 Å². The summed E-state index contributed by atoms with van der Waals surface area (Å²) in [6.45, 7) is 3.75. The summed E-state index contributed by atoms with van der Waals surface area (Å²) in [6, 6.07) is 5.06. The average molecular weight is 365 g/mol. The first kappa shape index (κ1) is 20.6. The number of methoxy groups -OCH3 is 2. The van der Waals surface area contributed by atoms with Crippen LogP contribution >= 0.6 is 11.8 Å². The molecule has 0 atom stereocenters. The Bertz CT molecular complexity index is 660. The highest BCUT2D eigenvalue weighted by Crippen LogP contribution is 2.29. The maximum atomic E-state index is 12.8. The summed E-state index contributed by atoms with van der Waals surface area (Å²) in [7, 11) is 2.95. The number of carbonyl (C=O) groups excluding carboxylic acids is 2. The standard InChI is InChI=1S/C18H23NO5S/c1-6-9-12(18(21)24-7-2)17(25-5)19-16(20)15-13(22-3)10-8-11-14(15)23-4/h6,8-11H,7H2,1-5H3,(H,19,20)/b9-6+,17-12+. The lowest BCUT2D eigenvalue weighted by atomic mass is 10.1. The highest BCUT2D eigenvalue weighted by Gasteiger charge is 2.21. The molecule has 0 unspecified atom stereocenters. The van der Waals surface area contributed by atoms with Gasteiger partial charge in [0, 0.05) is 0 Å². The van der Waals surface area contributed by atoms with E-state index < -0.39 is 11.9 Å². The molecule has 0 saturated heterocycles. The van der Waals surface area contributed by atoms with Gasteiger partial charge in [0.25, 0.3) is 5.91 Å². The molecular weight excluding hydrogens is 342 g/mol. The summed E-state index contributed by atoms with van der Waals surface area (Å²) in [4.78, 5) is 24.9. The molecule has 136 valence electrons. The highest BCUT2D eigenvalue weighted by atomic mass is 32.2. The SMILES string of the molecule is C/C=C/C(C(=O)OCC)=C(/NC(=O)c1c(OC)cccc1OC)SC. The van der Waals surface area contributed by atoms with Crippen molar-refractivity contribution in [3.63, 3.8) is 0 Å². The number of rotatable bonds is 8. The van der Waals surface area contributed by atoms with Crippen molar-refractivity contribution in [3.8, 4) is 11.5 Å². The summed E-state index contributed by atoms with van der Waals surface area (Å²) < 4.78 is 15.6. The number of benzene rings is 1. The van der Waals surface area contributed by atoms with Crippen molar-refractivity contribution < 1.29 is 23.8 Å². The van der Waals surface area contributed by atoms with Gasteiger partial charge in [-0.1, -0.05) is 12.1 Å². The number of nitrogens with one attached hydrogen (secondary N) is 1. The molecule has 0 heterocycles.